The van der Waals surface area contributed by atoms with Gasteiger partial charge in [0.25, 0.3) is 0 Å². The van der Waals surface area contributed by atoms with Gasteiger partial charge in [-0.15, -0.1) is 0 Å². The molecule has 1 aliphatic heterocycles. The highest BCUT2D eigenvalue weighted by atomic mass is 16.6. The number of carbonyl (C=O) groups excluding carboxylic acids is 2. The van der Waals surface area contributed by atoms with Crippen LogP contribution < -0.4 is 5.32 Å². The Hall–Kier alpha value is -1.10. The lowest BCUT2D eigenvalue weighted by Gasteiger charge is -2.25. The van der Waals surface area contributed by atoms with Crippen LogP contribution in [0.3, 0.4) is 0 Å². The number of carbonyl (C=O) groups is 2. The zero-order valence-electron chi connectivity index (χ0n) is 13.5. The van der Waals surface area contributed by atoms with Gasteiger partial charge in [-0.05, 0) is 40.0 Å². The van der Waals surface area contributed by atoms with Crippen molar-refractivity contribution in [3.8, 4) is 0 Å². The first-order valence-electron chi connectivity index (χ1n) is 7.87. The Balaban J connectivity index is 1.97. The van der Waals surface area contributed by atoms with Crippen LogP contribution in [-0.2, 0) is 14.3 Å². The second-order valence-corrected chi connectivity index (χ2v) is 7.47. The fourth-order valence-corrected chi connectivity index (χ4v) is 2.88. The van der Waals surface area contributed by atoms with Gasteiger partial charge >= 0.3 is 6.09 Å². The predicted molar refractivity (Wildman–Crippen MR) is 79.1 cm³/mol. The molecule has 5 nitrogen and oxygen atoms in total. The molecule has 0 radical (unpaired) electrons. The van der Waals surface area contributed by atoms with Crippen molar-refractivity contribution in [2.75, 3.05) is 6.61 Å². The molecule has 0 bridgehead atoms. The van der Waals surface area contributed by atoms with E-state index < -0.39 is 23.3 Å². The number of epoxide rings is 1. The first-order valence-corrected chi connectivity index (χ1v) is 7.87. The Bertz CT molecular complexity index is 403. The smallest absolute Gasteiger partial charge is 0.408 e. The zero-order valence-corrected chi connectivity index (χ0v) is 13.5. The molecule has 2 atom stereocenters. The van der Waals surface area contributed by atoms with Crippen LogP contribution in [0.2, 0.25) is 0 Å². The predicted octanol–water partition coefficient (Wildman–Crippen LogP) is 2.82. The molecule has 1 heterocycles. The van der Waals surface area contributed by atoms with Gasteiger partial charge in [0, 0.05) is 0 Å². The van der Waals surface area contributed by atoms with Crippen LogP contribution in [0.25, 0.3) is 0 Å². The van der Waals surface area contributed by atoms with Gasteiger partial charge in [-0.1, -0.05) is 25.7 Å². The fraction of sp³-hybridized carbons (Fsp3) is 0.875. The van der Waals surface area contributed by atoms with Crippen molar-refractivity contribution in [2.24, 2.45) is 5.92 Å². The molecule has 1 aliphatic carbocycles. The number of ketones is 1. The van der Waals surface area contributed by atoms with E-state index in [0.717, 1.165) is 12.8 Å². The Labute approximate surface area is 126 Å². The average molecular weight is 297 g/mol. The molecule has 1 saturated carbocycles. The van der Waals surface area contributed by atoms with Crippen LogP contribution in [0.4, 0.5) is 4.79 Å². The largest absolute Gasteiger partial charge is 0.444 e. The maximum absolute atomic E-state index is 12.5. The molecule has 0 aromatic rings. The van der Waals surface area contributed by atoms with E-state index >= 15 is 0 Å². The van der Waals surface area contributed by atoms with Gasteiger partial charge in [0.2, 0.25) is 0 Å². The van der Waals surface area contributed by atoms with Gasteiger partial charge in [0.1, 0.15) is 11.2 Å². The molecule has 0 aromatic heterocycles. The van der Waals surface area contributed by atoms with Crippen LogP contribution >= 0.6 is 0 Å². The summed E-state index contributed by atoms with van der Waals surface area (Å²) < 4.78 is 10.5. The zero-order chi connectivity index (χ0) is 15.7. The number of hydrogen-bond acceptors (Lipinski definition) is 4. The van der Waals surface area contributed by atoms with Crippen molar-refractivity contribution in [3.05, 3.63) is 0 Å². The molecular weight excluding hydrogens is 270 g/mol. The van der Waals surface area contributed by atoms with Gasteiger partial charge in [-0.25, -0.2) is 4.79 Å². The summed E-state index contributed by atoms with van der Waals surface area (Å²) in [5, 5.41) is 2.76. The molecular formula is C16H27NO4. The molecule has 0 spiro atoms. The van der Waals surface area contributed by atoms with E-state index in [1.165, 1.54) is 12.8 Å². The summed E-state index contributed by atoms with van der Waals surface area (Å²) >= 11 is 0. The Kier molecular flexibility index (Phi) is 4.61. The highest BCUT2D eigenvalue weighted by molar-refractivity contribution is 5.95. The standard InChI is InChI=1S/C16H27NO4/c1-15(2,3)21-14(19)17-12(9-11-7-5-6-8-11)13(18)16(4)10-20-16/h11-12H,5-10H2,1-4H3,(H,17,19)/t12-,16+/m0/s1. The van der Waals surface area contributed by atoms with Gasteiger partial charge in [0.05, 0.1) is 12.6 Å². The van der Waals surface area contributed by atoms with Crippen molar-refractivity contribution in [2.45, 2.75) is 77.0 Å². The van der Waals surface area contributed by atoms with Crippen molar-refractivity contribution >= 4 is 11.9 Å². The molecule has 1 amide bonds. The number of nitrogens with one attached hydrogen (secondary N) is 1. The Morgan fingerprint density at radius 1 is 1.33 bits per heavy atom. The van der Waals surface area contributed by atoms with Crippen LogP contribution in [0.1, 0.15) is 59.8 Å². The summed E-state index contributed by atoms with van der Waals surface area (Å²) in [7, 11) is 0. The summed E-state index contributed by atoms with van der Waals surface area (Å²) in [6.07, 6.45) is 4.87. The van der Waals surface area contributed by atoms with Crippen LogP contribution in [0.15, 0.2) is 0 Å². The molecule has 2 fully saturated rings. The number of amides is 1. The topological polar surface area (TPSA) is 67.9 Å². The van der Waals surface area contributed by atoms with E-state index in [-0.39, 0.29) is 5.78 Å². The van der Waals surface area contributed by atoms with Gasteiger partial charge in [0.15, 0.2) is 5.78 Å². The molecule has 1 N–H and O–H groups in total. The first-order chi connectivity index (χ1) is 9.70. The summed E-state index contributed by atoms with van der Waals surface area (Å²) in [4.78, 5) is 24.5. The van der Waals surface area contributed by atoms with Crippen LogP contribution in [0, 0.1) is 5.92 Å². The third kappa shape index (κ3) is 4.70. The minimum atomic E-state index is -0.710. The lowest BCUT2D eigenvalue weighted by atomic mass is 9.91. The quantitative estimate of drug-likeness (QED) is 0.792. The third-order valence-corrected chi connectivity index (χ3v) is 4.15. The summed E-state index contributed by atoms with van der Waals surface area (Å²) in [6.45, 7) is 7.67. The van der Waals surface area contributed by atoms with E-state index in [1.807, 2.05) is 20.8 Å². The average Bonchev–Trinajstić information content (AvgIpc) is 2.88. The molecule has 21 heavy (non-hydrogen) atoms. The minimum absolute atomic E-state index is 0.0275. The highest BCUT2D eigenvalue weighted by Crippen LogP contribution is 2.33. The third-order valence-electron chi connectivity index (χ3n) is 4.15. The second-order valence-electron chi connectivity index (χ2n) is 7.47. The van der Waals surface area contributed by atoms with Gasteiger partial charge in [-0.3, -0.25) is 4.79 Å². The Morgan fingerprint density at radius 2 is 1.90 bits per heavy atom. The maximum atomic E-state index is 12.5. The number of hydrogen-bond donors (Lipinski definition) is 1. The van der Waals surface area contributed by atoms with Crippen LogP contribution in [0.5, 0.6) is 0 Å². The van der Waals surface area contributed by atoms with E-state index in [1.54, 1.807) is 6.92 Å². The van der Waals surface area contributed by atoms with Crippen molar-refractivity contribution in [3.63, 3.8) is 0 Å². The highest BCUT2D eigenvalue weighted by Gasteiger charge is 2.50. The van der Waals surface area contributed by atoms with Crippen molar-refractivity contribution < 1.29 is 19.1 Å². The first kappa shape index (κ1) is 16.3. The summed E-state index contributed by atoms with van der Waals surface area (Å²) in [5.41, 5.74) is -1.27. The lowest BCUT2D eigenvalue weighted by Crippen LogP contribution is -2.48. The van der Waals surface area contributed by atoms with Crippen molar-refractivity contribution in [1.82, 2.24) is 5.32 Å². The van der Waals surface area contributed by atoms with E-state index in [9.17, 15) is 9.59 Å². The number of Topliss-reactive ketones (excluding diaryl/α,β-unsaturated/α-hetero) is 1. The number of alkyl carbamates (subject to hydrolysis) is 1. The number of ether oxygens (including phenoxy) is 2. The second kappa shape index (κ2) is 5.95. The monoisotopic (exact) mass is 297 g/mol. The minimum Gasteiger partial charge on any atom is -0.444 e. The number of rotatable bonds is 5. The van der Waals surface area contributed by atoms with E-state index in [0.29, 0.717) is 18.9 Å². The van der Waals surface area contributed by atoms with Crippen molar-refractivity contribution in [1.29, 1.82) is 0 Å². The summed E-state index contributed by atoms with van der Waals surface area (Å²) in [5.74, 6) is 0.483. The van der Waals surface area contributed by atoms with E-state index in [4.69, 9.17) is 9.47 Å². The normalized spacial score (nSPS) is 27.2. The molecule has 2 rings (SSSR count). The molecule has 0 unspecified atom stereocenters. The van der Waals surface area contributed by atoms with Gasteiger partial charge < -0.3 is 14.8 Å². The van der Waals surface area contributed by atoms with Gasteiger partial charge in [-0.2, -0.15) is 0 Å². The summed E-state index contributed by atoms with van der Waals surface area (Å²) in [6, 6.07) is -0.504. The molecule has 1 saturated heterocycles. The maximum Gasteiger partial charge on any atom is 0.408 e. The van der Waals surface area contributed by atoms with E-state index in [2.05, 4.69) is 5.32 Å². The SMILES string of the molecule is CC(C)(C)OC(=O)N[C@@H](CC1CCCC1)C(=O)[C@@]1(C)CO1. The Morgan fingerprint density at radius 3 is 2.38 bits per heavy atom. The molecule has 0 aromatic carbocycles. The fourth-order valence-electron chi connectivity index (χ4n) is 2.88. The molecule has 5 heteroatoms. The molecule has 2 aliphatic rings. The molecule has 120 valence electrons. The lowest BCUT2D eigenvalue weighted by molar-refractivity contribution is -0.126. The van der Waals surface area contributed by atoms with Crippen LogP contribution in [-0.4, -0.2) is 35.7 Å².